The molecule has 32 heavy (non-hydrogen) atoms. The topological polar surface area (TPSA) is 106 Å². The number of carbonyl (C=O) groups excluding carboxylic acids is 1. The monoisotopic (exact) mass is 465 g/mol. The zero-order valence-corrected chi connectivity index (χ0v) is 18.4. The third-order valence-electron chi connectivity index (χ3n) is 5.03. The van der Waals surface area contributed by atoms with E-state index in [1.807, 2.05) is 36.4 Å². The van der Waals surface area contributed by atoms with Gasteiger partial charge < -0.3 is 5.32 Å². The van der Waals surface area contributed by atoms with Crippen molar-refractivity contribution in [1.82, 2.24) is 14.8 Å². The first-order valence-electron chi connectivity index (χ1n) is 9.99. The fraction of sp³-hybridized carbons (Fsp3) is 0.136. The van der Waals surface area contributed by atoms with E-state index in [-0.39, 0.29) is 10.8 Å². The lowest BCUT2D eigenvalue weighted by Gasteiger charge is -2.09. The number of amides is 1. The maximum Gasteiger partial charge on any atom is 0.274 e. The summed E-state index contributed by atoms with van der Waals surface area (Å²) in [4.78, 5) is 17.1. The molecule has 5 rings (SSSR count). The predicted molar refractivity (Wildman–Crippen MR) is 123 cm³/mol. The highest BCUT2D eigenvalue weighted by molar-refractivity contribution is 7.93. The van der Waals surface area contributed by atoms with E-state index < -0.39 is 10.0 Å². The Balaban J connectivity index is 1.36. The lowest BCUT2D eigenvalue weighted by molar-refractivity contribution is 0.101. The number of rotatable bonds is 7. The molecule has 2 N–H and O–H groups in total. The molecule has 1 aliphatic carbocycles. The van der Waals surface area contributed by atoms with Crippen LogP contribution in [0.5, 0.6) is 0 Å². The van der Waals surface area contributed by atoms with Crippen molar-refractivity contribution in [3.05, 3.63) is 83.6 Å². The lowest BCUT2D eigenvalue weighted by atomic mass is 10.2. The predicted octanol–water partition coefficient (Wildman–Crippen LogP) is 4.26. The van der Waals surface area contributed by atoms with Crippen molar-refractivity contribution < 1.29 is 13.2 Å². The van der Waals surface area contributed by atoms with Crippen LogP contribution in [0.1, 0.15) is 34.9 Å². The number of aromatic nitrogens is 3. The molecule has 1 saturated carbocycles. The number of carbonyl (C=O) groups is 1. The number of para-hydroxylation sites is 1. The number of benzene rings is 2. The number of hydrogen-bond acceptors (Lipinski definition) is 6. The minimum Gasteiger partial charge on any atom is -0.321 e. The molecule has 0 bridgehead atoms. The minimum atomic E-state index is -3.75. The Morgan fingerprint density at radius 1 is 1.06 bits per heavy atom. The maximum absolute atomic E-state index is 13.0. The van der Waals surface area contributed by atoms with E-state index in [1.165, 1.54) is 29.7 Å². The van der Waals surface area contributed by atoms with Crippen LogP contribution in [0.2, 0.25) is 0 Å². The van der Waals surface area contributed by atoms with Gasteiger partial charge in [-0.25, -0.2) is 18.1 Å². The summed E-state index contributed by atoms with van der Waals surface area (Å²) in [5.41, 5.74) is 2.63. The summed E-state index contributed by atoms with van der Waals surface area (Å²) in [6, 6.07) is 17.3. The van der Waals surface area contributed by atoms with Crippen molar-refractivity contribution in [2.75, 3.05) is 10.0 Å². The van der Waals surface area contributed by atoms with Crippen LogP contribution in [-0.4, -0.2) is 29.1 Å². The quantitative estimate of drug-likeness (QED) is 0.424. The van der Waals surface area contributed by atoms with E-state index in [2.05, 4.69) is 20.1 Å². The third-order valence-corrected chi connectivity index (χ3v) is 7.21. The van der Waals surface area contributed by atoms with Gasteiger partial charge >= 0.3 is 0 Å². The van der Waals surface area contributed by atoms with Gasteiger partial charge in [0.05, 0.1) is 16.3 Å². The average molecular weight is 466 g/mol. The second-order valence-electron chi connectivity index (χ2n) is 7.40. The largest absolute Gasteiger partial charge is 0.321 e. The smallest absolute Gasteiger partial charge is 0.274 e. The first kappa shape index (κ1) is 20.4. The molecular weight excluding hydrogens is 446 g/mol. The zero-order valence-electron chi connectivity index (χ0n) is 16.8. The Morgan fingerprint density at radius 3 is 2.47 bits per heavy atom. The lowest BCUT2D eigenvalue weighted by Crippen LogP contribution is -2.17. The second-order valence-corrected chi connectivity index (χ2v) is 9.97. The third kappa shape index (κ3) is 4.27. The molecule has 0 radical (unpaired) electrons. The highest BCUT2D eigenvalue weighted by Gasteiger charge is 2.29. The molecular formula is C22H19N5O3S2. The number of nitrogens with one attached hydrogen (secondary N) is 2. The maximum atomic E-state index is 13.0. The average Bonchev–Trinajstić information content (AvgIpc) is 3.34. The zero-order chi connectivity index (χ0) is 22.1. The Kier molecular flexibility index (Phi) is 5.24. The van der Waals surface area contributed by atoms with Gasteiger partial charge in [0.15, 0.2) is 5.13 Å². The van der Waals surface area contributed by atoms with E-state index in [9.17, 15) is 13.2 Å². The molecule has 1 aliphatic rings. The summed E-state index contributed by atoms with van der Waals surface area (Å²) in [5.74, 6) is 0.0890. The van der Waals surface area contributed by atoms with Gasteiger partial charge in [0, 0.05) is 23.2 Å². The van der Waals surface area contributed by atoms with E-state index >= 15 is 0 Å². The van der Waals surface area contributed by atoms with E-state index in [0.29, 0.717) is 22.4 Å². The van der Waals surface area contributed by atoms with Gasteiger partial charge in [0.1, 0.15) is 5.69 Å². The van der Waals surface area contributed by atoms with Crippen LogP contribution in [0, 0.1) is 0 Å². The number of thiazole rings is 1. The van der Waals surface area contributed by atoms with Gasteiger partial charge in [-0.05, 0) is 55.3 Å². The van der Waals surface area contributed by atoms with Crippen molar-refractivity contribution in [2.24, 2.45) is 0 Å². The molecule has 1 amide bonds. The van der Waals surface area contributed by atoms with Crippen molar-refractivity contribution in [3.8, 4) is 5.69 Å². The van der Waals surface area contributed by atoms with Gasteiger partial charge in [0.25, 0.3) is 15.9 Å². The number of nitrogens with zero attached hydrogens (tertiary/aromatic N) is 3. The van der Waals surface area contributed by atoms with Crippen LogP contribution in [0.15, 0.2) is 77.1 Å². The van der Waals surface area contributed by atoms with Gasteiger partial charge in [-0.15, -0.1) is 11.3 Å². The second kappa shape index (κ2) is 8.21. The Morgan fingerprint density at radius 2 is 1.81 bits per heavy atom. The first-order chi connectivity index (χ1) is 15.5. The Bertz CT molecular complexity index is 1340. The van der Waals surface area contributed by atoms with Crippen molar-refractivity contribution >= 4 is 38.1 Å². The van der Waals surface area contributed by atoms with Crippen molar-refractivity contribution in [2.45, 2.75) is 23.7 Å². The molecule has 2 aromatic carbocycles. The molecule has 1 fully saturated rings. The highest BCUT2D eigenvalue weighted by Crippen LogP contribution is 2.39. The molecule has 8 nitrogen and oxygen atoms in total. The standard InChI is InChI=1S/C22H19N5O3S2/c28-21(20-14-19(15-6-7-15)25-27(20)17-4-2-1-3-5-17)24-16-8-10-18(11-9-16)32(29,30)26-22-23-12-13-31-22/h1-5,8-15H,6-7H2,(H,23,26)(H,24,28). The van der Waals surface area contributed by atoms with Gasteiger partial charge in [0.2, 0.25) is 0 Å². The molecule has 10 heteroatoms. The van der Waals surface area contributed by atoms with Gasteiger partial charge in [-0.2, -0.15) is 5.10 Å². The van der Waals surface area contributed by atoms with Crippen LogP contribution >= 0.6 is 11.3 Å². The van der Waals surface area contributed by atoms with Crippen LogP contribution in [0.25, 0.3) is 5.69 Å². The van der Waals surface area contributed by atoms with Gasteiger partial charge in [-0.1, -0.05) is 18.2 Å². The number of sulfonamides is 1. The summed E-state index contributed by atoms with van der Waals surface area (Å²) < 4.78 is 29.0. The van der Waals surface area contributed by atoms with Crippen LogP contribution in [0.4, 0.5) is 10.8 Å². The number of hydrogen-bond donors (Lipinski definition) is 2. The summed E-state index contributed by atoms with van der Waals surface area (Å²) in [7, 11) is -3.75. The summed E-state index contributed by atoms with van der Waals surface area (Å²) in [5, 5.41) is 9.47. The summed E-state index contributed by atoms with van der Waals surface area (Å²) in [6.07, 6.45) is 3.69. The van der Waals surface area contributed by atoms with Crippen LogP contribution < -0.4 is 10.0 Å². The van der Waals surface area contributed by atoms with Gasteiger partial charge in [-0.3, -0.25) is 9.52 Å². The van der Waals surface area contributed by atoms with E-state index in [0.717, 1.165) is 24.2 Å². The molecule has 0 spiro atoms. The SMILES string of the molecule is O=C(Nc1ccc(S(=O)(=O)Nc2nccs2)cc1)c1cc(C2CC2)nn1-c1ccccc1. The molecule has 0 saturated heterocycles. The summed E-state index contributed by atoms with van der Waals surface area (Å²) >= 11 is 1.19. The number of anilines is 2. The molecule has 2 aromatic heterocycles. The molecule has 162 valence electrons. The van der Waals surface area contributed by atoms with Crippen molar-refractivity contribution in [1.29, 1.82) is 0 Å². The van der Waals surface area contributed by atoms with E-state index in [1.54, 1.807) is 22.2 Å². The highest BCUT2D eigenvalue weighted by atomic mass is 32.2. The molecule has 0 aliphatic heterocycles. The molecule has 4 aromatic rings. The minimum absolute atomic E-state index is 0.0797. The van der Waals surface area contributed by atoms with Crippen LogP contribution in [-0.2, 0) is 10.0 Å². The normalized spacial score (nSPS) is 13.6. The first-order valence-corrected chi connectivity index (χ1v) is 12.3. The summed E-state index contributed by atoms with van der Waals surface area (Å²) in [6.45, 7) is 0. The van der Waals surface area contributed by atoms with Crippen LogP contribution in [0.3, 0.4) is 0 Å². The molecule has 2 heterocycles. The fourth-order valence-electron chi connectivity index (χ4n) is 3.27. The molecule has 0 unspecified atom stereocenters. The fourth-order valence-corrected chi connectivity index (χ4v) is 5.05. The van der Waals surface area contributed by atoms with E-state index in [4.69, 9.17) is 0 Å². The Labute approximate surface area is 189 Å². The molecule has 0 atom stereocenters. The Hall–Kier alpha value is -3.50. The van der Waals surface area contributed by atoms with Crippen molar-refractivity contribution in [3.63, 3.8) is 0 Å².